The number of amides is 2. The van der Waals surface area contributed by atoms with Crippen LogP contribution in [0.15, 0.2) is 48.5 Å². The highest BCUT2D eigenvalue weighted by molar-refractivity contribution is 6.31. The van der Waals surface area contributed by atoms with Gasteiger partial charge in [0.25, 0.3) is 5.91 Å². The van der Waals surface area contributed by atoms with Gasteiger partial charge in [0.05, 0.1) is 28.5 Å². The molecule has 0 unspecified atom stereocenters. The summed E-state index contributed by atoms with van der Waals surface area (Å²) in [4.78, 5) is 30.0. The van der Waals surface area contributed by atoms with E-state index >= 15 is 0 Å². The zero-order chi connectivity index (χ0) is 28.1. The highest BCUT2D eigenvalue weighted by Crippen LogP contribution is 2.45. The van der Waals surface area contributed by atoms with Crippen LogP contribution < -0.4 is 15.8 Å². The quantitative estimate of drug-likeness (QED) is 0.334. The van der Waals surface area contributed by atoms with Gasteiger partial charge in [0.2, 0.25) is 5.91 Å². The molecule has 39 heavy (non-hydrogen) atoms. The van der Waals surface area contributed by atoms with Crippen LogP contribution in [-0.4, -0.2) is 45.3 Å². The summed E-state index contributed by atoms with van der Waals surface area (Å²) in [5.74, 6) is -1.35. The molecule has 0 aliphatic carbocycles. The van der Waals surface area contributed by atoms with Gasteiger partial charge in [-0.1, -0.05) is 11.6 Å². The Morgan fingerprint density at radius 3 is 2.69 bits per heavy atom. The van der Waals surface area contributed by atoms with Crippen LogP contribution in [0.1, 0.15) is 41.2 Å². The minimum atomic E-state index is -1.68. The van der Waals surface area contributed by atoms with Gasteiger partial charge in [-0.25, -0.2) is 9.37 Å². The molecule has 0 bridgehead atoms. The predicted octanol–water partition coefficient (Wildman–Crippen LogP) is 3.57. The summed E-state index contributed by atoms with van der Waals surface area (Å²) in [6.07, 6.45) is 0. The monoisotopic (exact) mass is 549 g/mol. The highest BCUT2D eigenvalue weighted by Gasteiger charge is 2.45. The number of rotatable bonds is 6. The van der Waals surface area contributed by atoms with Gasteiger partial charge in [-0.15, -0.1) is 0 Å². The van der Waals surface area contributed by atoms with Crippen LogP contribution in [0.2, 0.25) is 5.02 Å². The smallest absolute Gasteiger partial charge is 0.251 e. The second-order valence-corrected chi connectivity index (χ2v) is 10.5. The lowest BCUT2D eigenvalue weighted by Gasteiger charge is -2.26. The number of nitrogens with one attached hydrogen (secondary N) is 1. The van der Waals surface area contributed by atoms with Crippen LogP contribution in [0.25, 0.3) is 22.2 Å². The second kappa shape index (κ2) is 9.55. The Kier molecular flexibility index (Phi) is 6.48. The summed E-state index contributed by atoms with van der Waals surface area (Å²) in [6, 6.07) is 12.4. The summed E-state index contributed by atoms with van der Waals surface area (Å²) in [5.41, 5.74) is 5.84. The summed E-state index contributed by atoms with van der Waals surface area (Å²) >= 11 is 6.02. The van der Waals surface area contributed by atoms with E-state index in [2.05, 4.69) is 20.5 Å². The topological polar surface area (TPSA) is 140 Å². The van der Waals surface area contributed by atoms with Crippen molar-refractivity contribution in [3.8, 4) is 17.0 Å². The molecule has 0 fully saturated rings. The number of primary amides is 1. The van der Waals surface area contributed by atoms with Crippen molar-refractivity contribution in [1.29, 1.82) is 0 Å². The Labute approximate surface area is 228 Å². The van der Waals surface area contributed by atoms with E-state index in [1.165, 1.54) is 25.1 Å². The van der Waals surface area contributed by atoms with E-state index < -0.39 is 28.6 Å². The highest BCUT2D eigenvalue weighted by atomic mass is 35.5. The molecule has 1 aliphatic rings. The third kappa shape index (κ3) is 4.77. The molecule has 0 spiro atoms. The number of aromatic nitrogens is 3. The number of benzene rings is 2. The molecule has 0 saturated heterocycles. The molecule has 0 saturated carbocycles. The molecule has 4 N–H and O–H groups in total. The van der Waals surface area contributed by atoms with Crippen molar-refractivity contribution in [3.63, 3.8) is 0 Å². The average Bonchev–Trinajstić information content (AvgIpc) is 3.26. The molecule has 1 aliphatic heterocycles. The zero-order valence-corrected chi connectivity index (χ0v) is 22.1. The van der Waals surface area contributed by atoms with Gasteiger partial charge in [0.1, 0.15) is 34.9 Å². The minimum Gasteiger partial charge on any atom is -0.489 e. The van der Waals surface area contributed by atoms with Gasteiger partial charge in [0, 0.05) is 22.1 Å². The van der Waals surface area contributed by atoms with E-state index in [9.17, 15) is 19.1 Å². The van der Waals surface area contributed by atoms with Gasteiger partial charge in [0.15, 0.2) is 0 Å². The number of halogens is 2. The SMILES string of the molecule is Cc1cc2cc(C(=O)NC[C@](C)(O)c3cc4c(c(-c5ccc(F)c(Cl)c5)n3)OC[C@]4(C)C(N)=O)ccc2nn1. The molecule has 2 amide bonds. The van der Waals surface area contributed by atoms with Crippen molar-refractivity contribution < 1.29 is 23.8 Å². The summed E-state index contributed by atoms with van der Waals surface area (Å²) in [6.45, 7) is 4.69. The molecular weight excluding hydrogens is 525 g/mol. The standard InChI is InChI=1S/C28H25ClFN5O4/c1-14-8-17-9-16(5-7-21(17)35-34-14)25(36)32-12-28(3,38)22-11-18-24(39-13-27(18,2)26(31)37)23(33-22)15-4-6-20(30)19(29)10-15/h4-11,38H,12-13H2,1-3H3,(H2,31,37)(H,32,36)/t27-,28-/m0/s1. The maximum Gasteiger partial charge on any atom is 0.251 e. The first kappa shape index (κ1) is 26.5. The minimum absolute atomic E-state index is 0.0323. The molecule has 200 valence electrons. The van der Waals surface area contributed by atoms with Crippen molar-refractivity contribution in [2.45, 2.75) is 31.8 Å². The molecular formula is C28H25ClFN5O4. The Morgan fingerprint density at radius 2 is 1.97 bits per heavy atom. The fourth-order valence-electron chi connectivity index (χ4n) is 4.44. The van der Waals surface area contributed by atoms with E-state index in [1.54, 1.807) is 31.2 Å². The molecule has 2 aromatic heterocycles. The first-order chi connectivity index (χ1) is 18.4. The summed E-state index contributed by atoms with van der Waals surface area (Å²) < 4.78 is 19.7. The molecule has 0 radical (unpaired) electrons. The van der Waals surface area contributed by atoms with E-state index in [0.717, 1.165) is 11.1 Å². The number of nitrogens with two attached hydrogens (primary N) is 1. The fourth-order valence-corrected chi connectivity index (χ4v) is 4.62. The Hall–Kier alpha value is -4.15. The normalized spacial score (nSPS) is 17.8. The average molecular weight is 550 g/mol. The van der Waals surface area contributed by atoms with Gasteiger partial charge in [-0.3, -0.25) is 9.59 Å². The molecule has 9 nitrogen and oxygen atoms in total. The number of fused-ring (bicyclic) bond motifs is 2. The lowest BCUT2D eigenvalue weighted by molar-refractivity contribution is -0.123. The van der Waals surface area contributed by atoms with Crippen LogP contribution in [0, 0.1) is 12.7 Å². The number of hydrogen-bond acceptors (Lipinski definition) is 7. The molecule has 2 aromatic carbocycles. The first-order valence-corrected chi connectivity index (χ1v) is 12.5. The zero-order valence-electron chi connectivity index (χ0n) is 21.4. The fraction of sp³-hybridized carbons (Fsp3) is 0.250. The summed E-state index contributed by atoms with van der Waals surface area (Å²) in [7, 11) is 0. The molecule has 3 heterocycles. The lowest BCUT2D eigenvalue weighted by Crippen LogP contribution is -2.41. The Bertz CT molecular complexity index is 1660. The number of aliphatic hydroxyl groups is 1. The molecule has 2 atom stereocenters. The second-order valence-electron chi connectivity index (χ2n) is 10.1. The largest absolute Gasteiger partial charge is 0.489 e. The van der Waals surface area contributed by atoms with Gasteiger partial charge in [-0.2, -0.15) is 10.2 Å². The van der Waals surface area contributed by atoms with E-state index in [-0.39, 0.29) is 35.3 Å². The van der Waals surface area contributed by atoms with Crippen molar-refractivity contribution in [3.05, 3.63) is 81.9 Å². The van der Waals surface area contributed by atoms with Crippen LogP contribution in [0.3, 0.4) is 0 Å². The third-order valence-corrected chi connectivity index (χ3v) is 7.21. The predicted molar refractivity (Wildman–Crippen MR) is 143 cm³/mol. The number of nitrogens with zero attached hydrogens (tertiary/aromatic N) is 3. The van der Waals surface area contributed by atoms with Gasteiger partial charge in [-0.05, 0) is 69.3 Å². The van der Waals surface area contributed by atoms with E-state index in [4.69, 9.17) is 22.1 Å². The number of pyridine rings is 1. The van der Waals surface area contributed by atoms with Crippen molar-refractivity contribution in [2.24, 2.45) is 5.73 Å². The maximum atomic E-state index is 13.9. The number of carbonyl (C=O) groups is 2. The Balaban J connectivity index is 1.50. The lowest BCUT2D eigenvalue weighted by atomic mass is 9.82. The van der Waals surface area contributed by atoms with Crippen LogP contribution in [0.4, 0.5) is 4.39 Å². The maximum absolute atomic E-state index is 13.9. The number of aryl methyl sites for hydroxylation is 1. The molecule has 5 rings (SSSR count). The van der Waals surface area contributed by atoms with Crippen LogP contribution >= 0.6 is 11.6 Å². The van der Waals surface area contributed by atoms with Gasteiger partial charge < -0.3 is 20.9 Å². The first-order valence-electron chi connectivity index (χ1n) is 12.1. The molecule has 4 aromatic rings. The van der Waals surface area contributed by atoms with Crippen molar-refractivity contribution in [2.75, 3.05) is 13.2 Å². The number of hydrogen-bond donors (Lipinski definition) is 3. The van der Waals surface area contributed by atoms with Crippen LogP contribution in [-0.2, 0) is 15.8 Å². The van der Waals surface area contributed by atoms with E-state index in [0.29, 0.717) is 22.2 Å². The van der Waals surface area contributed by atoms with Crippen molar-refractivity contribution in [1.82, 2.24) is 20.5 Å². The van der Waals surface area contributed by atoms with E-state index in [1.807, 2.05) is 13.0 Å². The number of ether oxygens (including phenoxy) is 1. The molecule has 11 heteroatoms. The Morgan fingerprint density at radius 1 is 1.21 bits per heavy atom. The third-order valence-electron chi connectivity index (χ3n) is 6.92. The van der Waals surface area contributed by atoms with Gasteiger partial charge >= 0.3 is 0 Å². The summed E-state index contributed by atoms with van der Waals surface area (Å²) in [5, 5.41) is 23.0. The number of carbonyl (C=O) groups excluding carboxylic acids is 2. The van der Waals surface area contributed by atoms with Crippen molar-refractivity contribution >= 4 is 34.3 Å². The van der Waals surface area contributed by atoms with Crippen LogP contribution in [0.5, 0.6) is 5.75 Å².